The van der Waals surface area contributed by atoms with Gasteiger partial charge in [0.05, 0.1) is 18.8 Å². The molecular weight excluding hydrogens is 355 g/mol. The van der Waals surface area contributed by atoms with Gasteiger partial charge in [-0.15, -0.1) is 0 Å². The van der Waals surface area contributed by atoms with Gasteiger partial charge in [-0.3, -0.25) is 9.55 Å². The summed E-state index contributed by atoms with van der Waals surface area (Å²) in [7, 11) is 0. The van der Waals surface area contributed by atoms with Gasteiger partial charge in [-0.1, -0.05) is 0 Å². The summed E-state index contributed by atoms with van der Waals surface area (Å²) in [5, 5.41) is 10.8. The smallest absolute Gasteiger partial charge is 0.414 e. The largest absolute Gasteiger partial charge is 0.443 e. The predicted octanol–water partition coefficient (Wildman–Crippen LogP) is 2.97. The molecular formula is C18H15FN4O4. The maximum atomic E-state index is 13.1. The van der Waals surface area contributed by atoms with Crippen molar-refractivity contribution in [2.24, 2.45) is 0 Å². The summed E-state index contributed by atoms with van der Waals surface area (Å²) >= 11 is 0. The number of hydrogen-bond donors (Lipinski definition) is 0. The fraction of sp³-hybridized carbons (Fsp3) is 0.222. The highest BCUT2D eigenvalue weighted by molar-refractivity contribution is 5.59. The Hall–Kier alpha value is -3.33. The molecule has 0 aliphatic carbocycles. The fourth-order valence-electron chi connectivity index (χ4n) is 2.82. The number of nitro groups is 1. The van der Waals surface area contributed by atoms with Crippen molar-refractivity contribution in [2.75, 3.05) is 6.61 Å². The van der Waals surface area contributed by atoms with Gasteiger partial charge in [-0.05, 0) is 46.9 Å². The van der Waals surface area contributed by atoms with E-state index in [1.807, 2.05) is 12.1 Å². The Labute approximate surface area is 153 Å². The first-order chi connectivity index (χ1) is 13.1. The Morgan fingerprint density at radius 2 is 2.15 bits per heavy atom. The quantitative estimate of drug-likeness (QED) is 0.506. The maximum Gasteiger partial charge on any atom is 0.414 e. The van der Waals surface area contributed by atoms with Gasteiger partial charge in [0, 0.05) is 16.7 Å². The fourth-order valence-corrected chi connectivity index (χ4v) is 2.82. The highest BCUT2D eigenvalue weighted by Gasteiger charge is 2.28. The van der Waals surface area contributed by atoms with Crippen molar-refractivity contribution < 1.29 is 18.8 Å². The van der Waals surface area contributed by atoms with Crippen LogP contribution in [0, 0.1) is 15.9 Å². The van der Waals surface area contributed by atoms with Crippen molar-refractivity contribution >= 4 is 5.82 Å². The number of pyridine rings is 1. The summed E-state index contributed by atoms with van der Waals surface area (Å²) in [5.41, 5.74) is 2.45. The molecule has 9 heteroatoms. The lowest BCUT2D eigenvalue weighted by Gasteiger charge is -2.22. The molecule has 0 saturated heterocycles. The molecule has 0 N–H and O–H groups in total. The van der Waals surface area contributed by atoms with Gasteiger partial charge in [-0.2, -0.15) is 0 Å². The Kier molecular flexibility index (Phi) is 4.51. The van der Waals surface area contributed by atoms with Crippen LogP contribution in [0.25, 0.3) is 11.3 Å². The number of hydrogen-bond acceptors (Lipinski definition) is 6. The molecule has 1 aromatic carbocycles. The van der Waals surface area contributed by atoms with Crippen LogP contribution in [0.4, 0.5) is 10.2 Å². The van der Waals surface area contributed by atoms with Gasteiger partial charge in [0.2, 0.25) is 0 Å². The van der Waals surface area contributed by atoms with Gasteiger partial charge in [0.1, 0.15) is 24.7 Å². The van der Waals surface area contributed by atoms with Crippen LogP contribution in [-0.4, -0.2) is 32.2 Å². The number of rotatable bonds is 5. The SMILES string of the molecule is O=[N+]([O-])c1cn2c(n1)OC[C@@H](OCc1ccnc(-c3ccc(F)cc3)c1)C2. The van der Waals surface area contributed by atoms with E-state index in [1.165, 1.54) is 18.3 Å². The number of ether oxygens (including phenoxy) is 2. The molecule has 3 heterocycles. The second-order valence-corrected chi connectivity index (χ2v) is 6.09. The average Bonchev–Trinajstić information content (AvgIpc) is 3.11. The Bertz CT molecular complexity index is 974. The zero-order chi connectivity index (χ0) is 18.8. The van der Waals surface area contributed by atoms with Gasteiger partial charge < -0.3 is 19.6 Å². The van der Waals surface area contributed by atoms with E-state index in [-0.39, 0.29) is 30.4 Å². The van der Waals surface area contributed by atoms with Crippen LogP contribution >= 0.6 is 0 Å². The minimum atomic E-state index is -0.557. The number of fused-ring (bicyclic) bond motifs is 1. The van der Waals surface area contributed by atoms with Crippen LogP contribution in [0.2, 0.25) is 0 Å². The van der Waals surface area contributed by atoms with E-state index < -0.39 is 4.92 Å². The third-order valence-corrected chi connectivity index (χ3v) is 4.16. The van der Waals surface area contributed by atoms with E-state index in [1.54, 1.807) is 22.9 Å². The molecule has 2 aromatic heterocycles. The molecule has 0 spiro atoms. The number of nitrogens with zero attached hydrogens (tertiary/aromatic N) is 4. The second-order valence-electron chi connectivity index (χ2n) is 6.09. The van der Waals surface area contributed by atoms with Crippen molar-refractivity contribution in [1.29, 1.82) is 0 Å². The first-order valence-electron chi connectivity index (χ1n) is 8.25. The average molecular weight is 370 g/mol. The Morgan fingerprint density at radius 3 is 2.93 bits per heavy atom. The van der Waals surface area contributed by atoms with Gasteiger partial charge >= 0.3 is 11.8 Å². The number of imidazole rings is 1. The molecule has 1 aliphatic heterocycles. The normalized spacial score (nSPS) is 15.8. The van der Waals surface area contributed by atoms with Crippen molar-refractivity contribution in [3.63, 3.8) is 0 Å². The maximum absolute atomic E-state index is 13.1. The van der Waals surface area contributed by atoms with Crippen LogP contribution in [0.3, 0.4) is 0 Å². The molecule has 0 fully saturated rings. The highest BCUT2D eigenvalue weighted by Crippen LogP contribution is 2.23. The molecule has 0 unspecified atom stereocenters. The molecule has 0 saturated carbocycles. The first-order valence-corrected chi connectivity index (χ1v) is 8.25. The van der Waals surface area contributed by atoms with Crippen LogP contribution in [-0.2, 0) is 17.9 Å². The van der Waals surface area contributed by atoms with Crippen LogP contribution < -0.4 is 4.74 Å². The molecule has 0 bridgehead atoms. The van der Waals surface area contributed by atoms with Crippen molar-refractivity contribution in [3.8, 4) is 17.3 Å². The topological polar surface area (TPSA) is 92.3 Å². The van der Waals surface area contributed by atoms with E-state index in [0.29, 0.717) is 13.2 Å². The third kappa shape index (κ3) is 3.77. The molecule has 138 valence electrons. The molecule has 0 amide bonds. The number of aromatic nitrogens is 3. The second kappa shape index (κ2) is 7.12. The zero-order valence-corrected chi connectivity index (χ0v) is 14.1. The molecule has 1 atom stereocenters. The third-order valence-electron chi connectivity index (χ3n) is 4.16. The monoisotopic (exact) mass is 370 g/mol. The van der Waals surface area contributed by atoms with E-state index in [4.69, 9.17) is 9.47 Å². The van der Waals surface area contributed by atoms with Crippen LogP contribution in [0.5, 0.6) is 6.01 Å². The summed E-state index contributed by atoms with van der Waals surface area (Å²) in [5.74, 6) is -0.543. The molecule has 27 heavy (non-hydrogen) atoms. The summed E-state index contributed by atoms with van der Waals surface area (Å²) in [6.07, 6.45) is 2.75. The highest BCUT2D eigenvalue weighted by atomic mass is 19.1. The predicted molar refractivity (Wildman–Crippen MR) is 92.6 cm³/mol. The number of benzene rings is 1. The summed E-state index contributed by atoms with van der Waals surface area (Å²) in [6.45, 7) is 1.02. The minimum Gasteiger partial charge on any atom is -0.443 e. The number of halogens is 1. The first kappa shape index (κ1) is 17.1. The van der Waals surface area contributed by atoms with Crippen molar-refractivity contribution in [3.05, 3.63) is 70.3 Å². The Balaban J connectivity index is 1.41. The van der Waals surface area contributed by atoms with Crippen molar-refractivity contribution in [2.45, 2.75) is 19.3 Å². The lowest BCUT2D eigenvalue weighted by Crippen LogP contribution is -2.32. The van der Waals surface area contributed by atoms with Gasteiger partial charge in [0.25, 0.3) is 0 Å². The Morgan fingerprint density at radius 1 is 1.33 bits per heavy atom. The van der Waals surface area contributed by atoms with Gasteiger partial charge in [-0.25, -0.2) is 4.39 Å². The molecule has 1 aliphatic rings. The minimum absolute atomic E-state index is 0.226. The van der Waals surface area contributed by atoms with E-state index >= 15 is 0 Å². The van der Waals surface area contributed by atoms with Crippen molar-refractivity contribution in [1.82, 2.24) is 14.5 Å². The van der Waals surface area contributed by atoms with Crippen LogP contribution in [0.1, 0.15) is 5.56 Å². The summed E-state index contributed by atoms with van der Waals surface area (Å²) in [4.78, 5) is 18.3. The van der Waals surface area contributed by atoms with E-state index in [0.717, 1.165) is 16.8 Å². The molecule has 4 rings (SSSR count). The van der Waals surface area contributed by atoms with E-state index in [9.17, 15) is 14.5 Å². The van der Waals surface area contributed by atoms with E-state index in [2.05, 4.69) is 9.97 Å². The molecule has 8 nitrogen and oxygen atoms in total. The van der Waals surface area contributed by atoms with Gasteiger partial charge in [0.15, 0.2) is 0 Å². The summed E-state index contributed by atoms with van der Waals surface area (Å²) < 4.78 is 25.9. The molecule has 0 radical (unpaired) electrons. The zero-order valence-electron chi connectivity index (χ0n) is 14.1. The summed E-state index contributed by atoms with van der Waals surface area (Å²) in [6, 6.07) is 10.1. The lowest BCUT2D eigenvalue weighted by atomic mass is 10.1. The van der Waals surface area contributed by atoms with Crippen LogP contribution in [0.15, 0.2) is 48.8 Å². The lowest BCUT2D eigenvalue weighted by molar-refractivity contribution is -0.389. The standard InChI is InChI=1S/C18H15FN4O4/c19-14-3-1-13(2-4-14)16-7-12(5-6-20-16)10-26-15-8-22-9-17(23(24)25)21-18(22)27-11-15/h1-7,9,15H,8,10-11H2/t15-/m0/s1. The molecule has 3 aromatic rings.